The molecule has 0 aliphatic carbocycles. The number of hydrogen-bond donors (Lipinski definition) is 1. The van der Waals surface area contributed by atoms with Crippen LogP contribution in [0.5, 0.6) is 0 Å². The second-order valence-corrected chi connectivity index (χ2v) is 10.4. The lowest BCUT2D eigenvalue weighted by Gasteiger charge is -2.33. The average Bonchev–Trinajstić information content (AvgIpc) is 3.15. The molecule has 31 heavy (non-hydrogen) atoms. The van der Waals surface area contributed by atoms with Gasteiger partial charge in [-0.15, -0.1) is 0 Å². The normalized spacial score (nSPS) is 22.5. The molecule has 0 amide bonds. The van der Waals surface area contributed by atoms with E-state index in [2.05, 4.69) is 10.2 Å². The van der Waals surface area contributed by atoms with Crippen LogP contribution in [-0.4, -0.2) is 52.3 Å². The standard InChI is InChI=1S/C22H26ClFN4O2S/c23-16-11-15(12-17(24)13-16)14-1-6-28(7-2-14)22-26-19-5-10-31(29)20(19)21(27-22)25-18-3-8-30-9-4-18/h11-14,18H,1-10H2,(H,25,26,27). The van der Waals surface area contributed by atoms with Crippen LogP contribution >= 0.6 is 11.6 Å². The topological polar surface area (TPSA) is 67.4 Å². The van der Waals surface area contributed by atoms with Crippen LogP contribution in [0.15, 0.2) is 23.1 Å². The molecule has 2 saturated heterocycles. The molecule has 1 aromatic carbocycles. The first-order chi connectivity index (χ1) is 15.1. The molecule has 9 heteroatoms. The van der Waals surface area contributed by atoms with E-state index in [0.29, 0.717) is 16.7 Å². The molecule has 4 heterocycles. The summed E-state index contributed by atoms with van der Waals surface area (Å²) < 4.78 is 31.8. The molecule has 1 atom stereocenters. The van der Waals surface area contributed by atoms with Crippen molar-refractivity contribution >= 4 is 34.2 Å². The number of nitrogens with zero attached hydrogens (tertiary/aromatic N) is 3. The number of hydrogen-bond acceptors (Lipinski definition) is 6. The second kappa shape index (κ2) is 9.00. The minimum absolute atomic E-state index is 0.270. The van der Waals surface area contributed by atoms with Crippen LogP contribution in [0.4, 0.5) is 16.2 Å². The van der Waals surface area contributed by atoms with Gasteiger partial charge in [0, 0.05) is 49.5 Å². The van der Waals surface area contributed by atoms with Crippen LogP contribution < -0.4 is 10.2 Å². The van der Waals surface area contributed by atoms with Crippen molar-refractivity contribution in [1.82, 2.24) is 9.97 Å². The molecule has 0 radical (unpaired) electrons. The highest BCUT2D eigenvalue weighted by atomic mass is 35.5. The van der Waals surface area contributed by atoms with Gasteiger partial charge in [-0.3, -0.25) is 4.21 Å². The molecule has 3 aliphatic rings. The van der Waals surface area contributed by atoms with Crippen molar-refractivity contribution in [3.63, 3.8) is 0 Å². The Hall–Kier alpha value is -1.77. The zero-order valence-corrected chi connectivity index (χ0v) is 18.9. The van der Waals surface area contributed by atoms with Gasteiger partial charge in [-0.25, -0.2) is 9.37 Å². The van der Waals surface area contributed by atoms with E-state index in [-0.39, 0.29) is 17.8 Å². The van der Waals surface area contributed by atoms with Crippen molar-refractivity contribution in [2.45, 2.75) is 49.0 Å². The molecule has 3 aliphatic heterocycles. The fourth-order valence-electron chi connectivity index (χ4n) is 4.68. The third-order valence-electron chi connectivity index (χ3n) is 6.37. The molecule has 1 aromatic heterocycles. The summed E-state index contributed by atoms with van der Waals surface area (Å²) >= 11 is 6.05. The first kappa shape index (κ1) is 21.1. The van der Waals surface area contributed by atoms with Gasteiger partial charge in [-0.2, -0.15) is 4.98 Å². The van der Waals surface area contributed by atoms with E-state index >= 15 is 0 Å². The third kappa shape index (κ3) is 4.56. The number of nitrogens with one attached hydrogen (secondary N) is 1. The molecule has 1 unspecified atom stereocenters. The molecule has 6 nitrogen and oxygen atoms in total. The quantitative estimate of drug-likeness (QED) is 0.740. The molecular weight excluding hydrogens is 439 g/mol. The summed E-state index contributed by atoms with van der Waals surface area (Å²) in [5.41, 5.74) is 1.86. The lowest BCUT2D eigenvalue weighted by atomic mass is 9.89. The lowest BCUT2D eigenvalue weighted by molar-refractivity contribution is 0.0903. The Balaban J connectivity index is 1.34. The molecule has 1 N–H and O–H groups in total. The van der Waals surface area contributed by atoms with Gasteiger partial charge in [0.25, 0.3) is 0 Å². The van der Waals surface area contributed by atoms with E-state index < -0.39 is 10.8 Å². The molecule has 0 saturated carbocycles. The number of piperidine rings is 1. The minimum Gasteiger partial charge on any atom is -0.381 e. The number of halogens is 2. The summed E-state index contributed by atoms with van der Waals surface area (Å²) in [6.45, 7) is 3.05. The zero-order valence-electron chi connectivity index (χ0n) is 17.3. The fourth-order valence-corrected chi connectivity index (χ4v) is 6.23. The van der Waals surface area contributed by atoms with Crippen molar-refractivity contribution in [1.29, 1.82) is 0 Å². The average molecular weight is 465 g/mol. The largest absolute Gasteiger partial charge is 0.381 e. The van der Waals surface area contributed by atoms with E-state index in [4.69, 9.17) is 26.3 Å². The van der Waals surface area contributed by atoms with Gasteiger partial charge in [0.2, 0.25) is 5.95 Å². The summed E-state index contributed by atoms with van der Waals surface area (Å²) in [6.07, 6.45) is 4.33. The Morgan fingerprint density at radius 2 is 1.90 bits per heavy atom. The van der Waals surface area contributed by atoms with Crippen LogP contribution in [0.1, 0.15) is 42.9 Å². The van der Waals surface area contributed by atoms with Crippen molar-refractivity contribution < 1.29 is 13.3 Å². The van der Waals surface area contributed by atoms with Gasteiger partial charge in [0.1, 0.15) is 16.5 Å². The van der Waals surface area contributed by atoms with E-state index in [1.807, 2.05) is 6.07 Å². The van der Waals surface area contributed by atoms with Crippen molar-refractivity contribution in [3.8, 4) is 0 Å². The summed E-state index contributed by atoms with van der Waals surface area (Å²) in [4.78, 5) is 12.6. The molecule has 0 bridgehead atoms. The van der Waals surface area contributed by atoms with Crippen LogP contribution in [0.3, 0.4) is 0 Å². The Kier molecular flexibility index (Phi) is 6.12. The van der Waals surface area contributed by atoms with E-state index in [1.165, 1.54) is 6.07 Å². The fraction of sp³-hybridized carbons (Fsp3) is 0.545. The minimum atomic E-state index is -1.05. The van der Waals surface area contributed by atoms with Gasteiger partial charge in [-0.05, 0) is 55.4 Å². The Morgan fingerprint density at radius 3 is 2.65 bits per heavy atom. The van der Waals surface area contributed by atoms with Gasteiger partial charge in [0.15, 0.2) is 0 Å². The summed E-state index contributed by atoms with van der Waals surface area (Å²) in [5, 5.41) is 3.97. The number of ether oxygens (including phenoxy) is 1. The van der Waals surface area contributed by atoms with Crippen LogP contribution in [0.2, 0.25) is 5.02 Å². The van der Waals surface area contributed by atoms with Crippen LogP contribution in [0, 0.1) is 5.82 Å². The van der Waals surface area contributed by atoms with Crippen molar-refractivity contribution in [2.75, 3.05) is 42.3 Å². The van der Waals surface area contributed by atoms with Crippen molar-refractivity contribution in [3.05, 3.63) is 40.3 Å². The maximum Gasteiger partial charge on any atom is 0.227 e. The van der Waals surface area contributed by atoms with Crippen molar-refractivity contribution in [2.24, 2.45) is 0 Å². The number of benzene rings is 1. The Labute approximate surface area is 189 Å². The number of anilines is 2. The maximum absolute atomic E-state index is 13.8. The highest BCUT2D eigenvalue weighted by molar-refractivity contribution is 7.85. The summed E-state index contributed by atoms with van der Waals surface area (Å²) in [7, 11) is -1.05. The molecule has 2 fully saturated rings. The van der Waals surface area contributed by atoms with E-state index in [0.717, 1.165) is 80.4 Å². The zero-order chi connectivity index (χ0) is 21.4. The number of aromatic nitrogens is 2. The van der Waals surface area contributed by atoms with E-state index in [1.54, 1.807) is 6.07 Å². The van der Waals surface area contributed by atoms with E-state index in [9.17, 15) is 8.60 Å². The first-order valence-electron chi connectivity index (χ1n) is 10.9. The number of aryl methyl sites for hydroxylation is 1. The maximum atomic E-state index is 13.8. The summed E-state index contributed by atoms with van der Waals surface area (Å²) in [5.74, 6) is 2.01. The van der Waals surface area contributed by atoms with Gasteiger partial charge >= 0.3 is 0 Å². The predicted molar refractivity (Wildman–Crippen MR) is 120 cm³/mol. The predicted octanol–water partition coefficient (Wildman–Crippen LogP) is 3.91. The number of fused-ring (bicyclic) bond motifs is 1. The lowest BCUT2D eigenvalue weighted by Crippen LogP contribution is -2.35. The molecular formula is C22H26ClFN4O2S. The third-order valence-corrected chi connectivity index (χ3v) is 8.05. The van der Waals surface area contributed by atoms with Gasteiger partial charge in [0.05, 0.1) is 16.5 Å². The summed E-state index contributed by atoms with van der Waals surface area (Å²) in [6, 6.07) is 5.07. The molecule has 0 spiro atoms. The van der Waals surface area contributed by atoms with Gasteiger partial charge in [-0.1, -0.05) is 11.6 Å². The SMILES string of the molecule is O=S1CCc2nc(N3CCC(c4cc(F)cc(Cl)c4)CC3)nc(NC3CCOCC3)c21. The Morgan fingerprint density at radius 1 is 1.13 bits per heavy atom. The van der Waals surface area contributed by atoms with Gasteiger partial charge < -0.3 is 15.0 Å². The number of rotatable bonds is 4. The highest BCUT2D eigenvalue weighted by Crippen LogP contribution is 2.34. The molecule has 2 aromatic rings. The Bertz CT molecular complexity index is 973. The molecule has 166 valence electrons. The smallest absolute Gasteiger partial charge is 0.227 e. The second-order valence-electron chi connectivity index (χ2n) is 8.44. The highest BCUT2D eigenvalue weighted by Gasteiger charge is 2.30. The monoisotopic (exact) mass is 464 g/mol. The molecule has 5 rings (SSSR count). The first-order valence-corrected chi connectivity index (χ1v) is 12.6. The van der Waals surface area contributed by atoms with Crippen LogP contribution in [0.25, 0.3) is 0 Å². The van der Waals surface area contributed by atoms with Crippen LogP contribution in [-0.2, 0) is 22.0 Å².